The Bertz CT molecular complexity index is 1170. The van der Waals surface area contributed by atoms with E-state index in [1.165, 1.54) is 17.0 Å². The number of nitrogens with one attached hydrogen (secondary N) is 1. The largest absolute Gasteiger partial charge is 0.452 e. The van der Waals surface area contributed by atoms with Crippen molar-refractivity contribution in [2.45, 2.75) is 20.3 Å². The number of nitrogens with zero attached hydrogens (tertiary/aromatic N) is 1. The number of hydrogen-bond donors (Lipinski definition) is 1. The quantitative estimate of drug-likeness (QED) is 0.433. The summed E-state index contributed by atoms with van der Waals surface area (Å²) in [7, 11) is 0. The number of rotatable bonds is 5. The van der Waals surface area contributed by atoms with Gasteiger partial charge in [0, 0.05) is 5.69 Å². The summed E-state index contributed by atoms with van der Waals surface area (Å²) >= 11 is 0. The van der Waals surface area contributed by atoms with Crippen molar-refractivity contribution in [3.8, 4) is 0 Å². The van der Waals surface area contributed by atoms with Crippen LogP contribution in [0.5, 0.6) is 0 Å². The lowest BCUT2D eigenvalue weighted by atomic mass is 9.85. The number of carbonyl (C=O) groups is 4. The summed E-state index contributed by atoms with van der Waals surface area (Å²) in [6.45, 7) is 3.32. The molecule has 7 nitrogen and oxygen atoms in total. The van der Waals surface area contributed by atoms with E-state index in [1.807, 2.05) is 44.2 Å². The van der Waals surface area contributed by atoms with E-state index in [9.17, 15) is 19.2 Å². The highest BCUT2D eigenvalue weighted by Crippen LogP contribution is 2.53. The minimum Gasteiger partial charge on any atom is -0.452 e. The Morgan fingerprint density at radius 2 is 1.58 bits per heavy atom. The van der Waals surface area contributed by atoms with Crippen LogP contribution in [-0.2, 0) is 19.1 Å². The van der Waals surface area contributed by atoms with E-state index in [0.717, 1.165) is 17.5 Å². The van der Waals surface area contributed by atoms with Crippen LogP contribution in [0, 0.1) is 37.5 Å². The van der Waals surface area contributed by atoms with Crippen LogP contribution in [0.3, 0.4) is 0 Å². The molecular weight excluding hydrogens is 420 g/mol. The highest BCUT2D eigenvalue weighted by molar-refractivity contribution is 6.23. The molecule has 1 saturated heterocycles. The average molecular weight is 444 g/mol. The predicted octanol–water partition coefficient (Wildman–Crippen LogP) is 3.41. The van der Waals surface area contributed by atoms with Crippen molar-refractivity contribution in [3.05, 3.63) is 71.3 Å². The van der Waals surface area contributed by atoms with Gasteiger partial charge >= 0.3 is 5.97 Å². The predicted molar refractivity (Wildman–Crippen MR) is 121 cm³/mol. The fourth-order valence-electron chi connectivity index (χ4n) is 5.33. The molecule has 0 unspecified atom stereocenters. The molecule has 0 aromatic heterocycles. The van der Waals surface area contributed by atoms with Gasteiger partial charge in [0.2, 0.25) is 11.8 Å². The number of esters is 1. The van der Waals surface area contributed by atoms with Crippen molar-refractivity contribution >= 4 is 35.1 Å². The second kappa shape index (κ2) is 7.99. The number of carbonyl (C=O) groups excluding carboxylic acids is 4. The van der Waals surface area contributed by atoms with Crippen molar-refractivity contribution in [1.29, 1.82) is 0 Å². The average Bonchev–Trinajstić information content (AvgIpc) is 3.48. The zero-order valence-corrected chi connectivity index (χ0v) is 18.4. The molecule has 5 rings (SSSR count). The number of anilines is 2. The monoisotopic (exact) mass is 444 g/mol. The Morgan fingerprint density at radius 3 is 2.21 bits per heavy atom. The molecule has 3 aliphatic rings. The fourth-order valence-corrected chi connectivity index (χ4v) is 5.33. The van der Waals surface area contributed by atoms with Gasteiger partial charge in [0.15, 0.2) is 6.61 Å². The highest BCUT2D eigenvalue weighted by atomic mass is 16.5. The van der Waals surface area contributed by atoms with Gasteiger partial charge in [-0.05, 0) is 61.4 Å². The van der Waals surface area contributed by atoms with Crippen LogP contribution in [0.1, 0.15) is 27.9 Å². The van der Waals surface area contributed by atoms with Crippen LogP contribution in [-0.4, -0.2) is 30.3 Å². The van der Waals surface area contributed by atoms with Gasteiger partial charge < -0.3 is 10.1 Å². The molecule has 2 bridgehead atoms. The summed E-state index contributed by atoms with van der Waals surface area (Å²) in [5, 5.41) is 2.77. The molecule has 7 heteroatoms. The molecule has 2 aliphatic carbocycles. The number of fused-ring (bicyclic) bond motifs is 5. The first-order valence-electron chi connectivity index (χ1n) is 11.0. The Labute approximate surface area is 191 Å². The highest BCUT2D eigenvalue weighted by Gasteiger charge is 2.59. The van der Waals surface area contributed by atoms with Crippen LogP contribution < -0.4 is 10.2 Å². The Hall–Kier alpha value is -3.74. The number of hydrogen-bond acceptors (Lipinski definition) is 5. The van der Waals surface area contributed by atoms with Gasteiger partial charge in [0.1, 0.15) is 0 Å². The molecule has 2 fully saturated rings. The lowest BCUT2D eigenvalue weighted by Gasteiger charge is -2.18. The summed E-state index contributed by atoms with van der Waals surface area (Å²) in [6.07, 6.45) is 4.94. The molecule has 0 spiro atoms. The molecule has 1 aliphatic heterocycles. The van der Waals surface area contributed by atoms with Gasteiger partial charge in [-0.25, -0.2) is 9.69 Å². The molecule has 1 heterocycles. The van der Waals surface area contributed by atoms with Gasteiger partial charge in [-0.2, -0.15) is 0 Å². The standard InChI is InChI=1S/C26H24N2O5/c1-14-5-3-6-15(2)23(14)27-20(29)13-33-26(32)18-7-4-8-19(12-18)28-24(30)21-16-9-10-17(11-16)22(21)25(28)31/h3-10,12,16-17,21-22H,11,13H2,1-2H3,(H,27,29)/t16-,17-,21+,22+/m0/s1. The van der Waals surface area contributed by atoms with Gasteiger partial charge in [-0.15, -0.1) is 0 Å². The lowest BCUT2D eigenvalue weighted by molar-refractivity contribution is -0.123. The fraction of sp³-hybridized carbons (Fsp3) is 0.308. The molecule has 1 N–H and O–H groups in total. The Kier molecular flexibility index (Phi) is 5.12. The third kappa shape index (κ3) is 3.53. The molecule has 2 aromatic carbocycles. The van der Waals surface area contributed by atoms with E-state index in [2.05, 4.69) is 5.32 Å². The van der Waals surface area contributed by atoms with Crippen LogP contribution in [0.2, 0.25) is 0 Å². The Morgan fingerprint density at radius 1 is 0.970 bits per heavy atom. The maximum absolute atomic E-state index is 13.0. The summed E-state index contributed by atoms with van der Waals surface area (Å²) in [6, 6.07) is 11.9. The number of allylic oxidation sites excluding steroid dienone is 2. The molecule has 1 saturated carbocycles. The third-order valence-corrected chi connectivity index (χ3v) is 6.89. The van der Waals surface area contributed by atoms with Gasteiger partial charge in [0.05, 0.1) is 23.1 Å². The van der Waals surface area contributed by atoms with Crippen molar-refractivity contribution in [2.24, 2.45) is 23.7 Å². The Balaban J connectivity index is 1.26. The minimum atomic E-state index is -0.700. The first kappa shape index (κ1) is 21.1. The van der Waals surface area contributed by atoms with E-state index < -0.39 is 18.5 Å². The number of benzene rings is 2. The van der Waals surface area contributed by atoms with Gasteiger partial charge in [0.25, 0.3) is 5.91 Å². The molecule has 3 amide bonds. The summed E-state index contributed by atoms with van der Waals surface area (Å²) in [5.41, 5.74) is 3.05. The third-order valence-electron chi connectivity index (χ3n) is 6.89. The normalized spacial score (nSPS) is 24.8. The molecule has 2 aromatic rings. The zero-order chi connectivity index (χ0) is 23.3. The van der Waals surface area contributed by atoms with Gasteiger partial charge in [-0.1, -0.05) is 36.4 Å². The molecular formula is C26H24N2O5. The minimum absolute atomic E-state index is 0.116. The SMILES string of the molecule is Cc1cccc(C)c1NC(=O)COC(=O)c1cccc(N2C(=O)[C@H]3[C@H](C2=O)[C@H]2C=C[C@H]3C2)c1. The number of aryl methyl sites for hydroxylation is 2. The maximum atomic E-state index is 13.0. The summed E-state index contributed by atoms with van der Waals surface area (Å²) in [5.74, 6) is -1.95. The first-order valence-corrected chi connectivity index (χ1v) is 11.0. The van der Waals surface area contributed by atoms with Crippen molar-refractivity contribution in [2.75, 3.05) is 16.8 Å². The lowest BCUT2D eigenvalue weighted by Crippen LogP contribution is -2.33. The van der Waals surface area contributed by atoms with E-state index in [0.29, 0.717) is 11.4 Å². The first-order chi connectivity index (χ1) is 15.8. The van der Waals surface area contributed by atoms with Crippen LogP contribution in [0.25, 0.3) is 0 Å². The summed E-state index contributed by atoms with van der Waals surface area (Å²) in [4.78, 5) is 52.1. The molecule has 33 heavy (non-hydrogen) atoms. The second-order valence-electron chi connectivity index (χ2n) is 8.95. The number of ether oxygens (including phenoxy) is 1. The second-order valence-corrected chi connectivity index (χ2v) is 8.95. The van der Waals surface area contributed by atoms with Gasteiger partial charge in [-0.3, -0.25) is 14.4 Å². The van der Waals surface area contributed by atoms with Crippen LogP contribution >= 0.6 is 0 Å². The van der Waals surface area contributed by atoms with Crippen molar-refractivity contribution < 1.29 is 23.9 Å². The topological polar surface area (TPSA) is 92.8 Å². The molecule has 4 atom stereocenters. The van der Waals surface area contributed by atoms with Crippen LogP contribution in [0.4, 0.5) is 11.4 Å². The maximum Gasteiger partial charge on any atom is 0.338 e. The van der Waals surface area contributed by atoms with Crippen molar-refractivity contribution in [3.63, 3.8) is 0 Å². The molecule has 0 radical (unpaired) electrons. The van der Waals surface area contributed by atoms with Crippen molar-refractivity contribution in [1.82, 2.24) is 0 Å². The van der Waals surface area contributed by atoms with E-state index in [-0.39, 0.29) is 41.0 Å². The number of para-hydroxylation sites is 1. The molecule has 168 valence electrons. The smallest absolute Gasteiger partial charge is 0.338 e. The zero-order valence-electron chi connectivity index (χ0n) is 18.4. The van der Waals surface area contributed by atoms with E-state index in [1.54, 1.807) is 12.1 Å². The van der Waals surface area contributed by atoms with E-state index >= 15 is 0 Å². The van der Waals surface area contributed by atoms with Crippen LogP contribution in [0.15, 0.2) is 54.6 Å². The summed E-state index contributed by atoms with van der Waals surface area (Å²) < 4.78 is 5.18. The number of imide groups is 1. The number of amides is 3. The van der Waals surface area contributed by atoms with E-state index in [4.69, 9.17) is 4.74 Å².